The largest absolute Gasteiger partial charge is 0.497 e. The van der Waals surface area contributed by atoms with E-state index in [-0.39, 0.29) is 18.2 Å². The first-order valence-corrected chi connectivity index (χ1v) is 13.9. The van der Waals surface area contributed by atoms with Crippen LogP contribution >= 0.6 is 0 Å². The monoisotopic (exact) mass is 578 g/mol. The predicted molar refractivity (Wildman–Crippen MR) is 168 cm³/mol. The molecule has 2 heterocycles. The van der Waals surface area contributed by atoms with E-state index in [4.69, 9.17) is 9.15 Å². The molecule has 5 aromatic rings. The Kier molecular flexibility index (Phi) is 9.06. The number of para-hydroxylation sites is 1. The highest BCUT2D eigenvalue weighted by molar-refractivity contribution is 6.05. The number of nitrogens with zero attached hydrogens (tertiary/aromatic N) is 1. The van der Waals surface area contributed by atoms with Gasteiger partial charge in [-0.1, -0.05) is 30.3 Å². The molecule has 220 valence electrons. The topological polar surface area (TPSA) is 133 Å². The van der Waals surface area contributed by atoms with Crippen molar-refractivity contribution in [1.82, 2.24) is 15.5 Å². The predicted octanol–water partition coefficient (Wildman–Crippen LogP) is 6.00. The molecule has 0 saturated heterocycles. The summed E-state index contributed by atoms with van der Waals surface area (Å²) in [6, 6.07) is 24.2. The van der Waals surface area contributed by atoms with E-state index < -0.39 is 5.91 Å². The van der Waals surface area contributed by atoms with E-state index in [0.29, 0.717) is 41.5 Å². The number of H-pyrrole nitrogens is 1. The van der Waals surface area contributed by atoms with Crippen LogP contribution in [0.1, 0.15) is 37.9 Å². The molecule has 2 aromatic heterocycles. The molecule has 0 bridgehead atoms. The Morgan fingerprint density at radius 2 is 1.63 bits per heavy atom. The molecule has 2 amide bonds. The van der Waals surface area contributed by atoms with Crippen LogP contribution in [0.3, 0.4) is 0 Å². The molecule has 0 aliphatic heterocycles. The Morgan fingerprint density at radius 1 is 0.860 bits per heavy atom. The fourth-order valence-corrected chi connectivity index (χ4v) is 4.59. The maximum Gasteiger partial charge on any atom is 0.291 e. The maximum absolute atomic E-state index is 13.2. The van der Waals surface area contributed by atoms with Crippen LogP contribution in [-0.2, 0) is 6.54 Å². The molecule has 3 aromatic carbocycles. The molecule has 0 aliphatic rings. The molecule has 0 saturated carbocycles. The van der Waals surface area contributed by atoms with E-state index in [1.165, 1.54) is 0 Å². The van der Waals surface area contributed by atoms with Crippen LogP contribution in [0.4, 0.5) is 17.1 Å². The fourth-order valence-electron chi connectivity index (χ4n) is 4.59. The number of benzene rings is 3. The van der Waals surface area contributed by atoms with Gasteiger partial charge >= 0.3 is 0 Å². The summed E-state index contributed by atoms with van der Waals surface area (Å²) in [6.45, 7) is 5.26. The van der Waals surface area contributed by atoms with Crippen molar-refractivity contribution in [3.8, 4) is 16.9 Å². The summed E-state index contributed by atoms with van der Waals surface area (Å²) in [5.41, 5.74) is 6.26. The molecule has 5 rings (SSSR count). The van der Waals surface area contributed by atoms with Crippen LogP contribution in [0.25, 0.3) is 11.1 Å². The Hall–Kier alpha value is -5.51. The van der Waals surface area contributed by atoms with Crippen molar-refractivity contribution in [1.29, 1.82) is 0 Å². The number of nitrogens with one attached hydrogen (secondary N) is 5. The third-order valence-electron chi connectivity index (χ3n) is 6.93. The lowest BCUT2D eigenvalue weighted by atomic mass is 10.1. The van der Waals surface area contributed by atoms with Crippen molar-refractivity contribution >= 4 is 28.9 Å². The van der Waals surface area contributed by atoms with Crippen LogP contribution in [0, 0.1) is 13.8 Å². The summed E-state index contributed by atoms with van der Waals surface area (Å²) in [4.78, 5) is 26.2. The summed E-state index contributed by atoms with van der Waals surface area (Å²) in [5, 5.41) is 19.8. The van der Waals surface area contributed by atoms with E-state index in [1.807, 2.05) is 42.5 Å². The van der Waals surface area contributed by atoms with Gasteiger partial charge in [0.15, 0.2) is 5.76 Å². The van der Waals surface area contributed by atoms with Gasteiger partial charge in [0.2, 0.25) is 0 Å². The molecule has 0 spiro atoms. The van der Waals surface area contributed by atoms with Crippen molar-refractivity contribution in [2.24, 2.45) is 0 Å². The van der Waals surface area contributed by atoms with Crippen LogP contribution in [0.2, 0.25) is 0 Å². The molecular formula is C33H34N6O4. The number of aromatic nitrogens is 2. The second kappa shape index (κ2) is 13.4. The highest BCUT2D eigenvalue weighted by Crippen LogP contribution is 2.26. The summed E-state index contributed by atoms with van der Waals surface area (Å²) < 4.78 is 10.7. The van der Waals surface area contributed by atoms with Gasteiger partial charge in [0.05, 0.1) is 30.7 Å². The summed E-state index contributed by atoms with van der Waals surface area (Å²) in [6.07, 6.45) is 1.79. The van der Waals surface area contributed by atoms with Crippen LogP contribution < -0.4 is 26.0 Å². The van der Waals surface area contributed by atoms with Crippen molar-refractivity contribution in [2.45, 2.75) is 20.4 Å². The Morgan fingerprint density at radius 3 is 2.35 bits per heavy atom. The molecule has 0 atom stereocenters. The van der Waals surface area contributed by atoms with E-state index in [1.54, 1.807) is 50.6 Å². The number of rotatable bonds is 12. The molecule has 0 aliphatic carbocycles. The number of anilines is 3. The van der Waals surface area contributed by atoms with E-state index in [9.17, 15) is 9.59 Å². The molecule has 43 heavy (non-hydrogen) atoms. The highest BCUT2D eigenvalue weighted by atomic mass is 16.5. The van der Waals surface area contributed by atoms with Crippen molar-refractivity contribution in [3.63, 3.8) is 0 Å². The number of aryl methyl sites for hydroxylation is 2. The van der Waals surface area contributed by atoms with Crippen LogP contribution in [-0.4, -0.2) is 42.2 Å². The van der Waals surface area contributed by atoms with Gasteiger partial charge in [0.25, 0.3) is 11.8 Å². The Balaban J connectivity index is 1.28. The molecule has 10 nitrogen and oxygen atoms in total. The molecule has 0 radical (unpaired) electrons. The number of methoxy groups -OCH3 is 1. The second-order valence-electron chi connectivity index (χ2n) is 9.95. The van der Waals surface area contributed by atoms with Gasteiger partial charge in [0.1, 0.15) is 11.5 Å². The number of carbonyl (C=O) groups is 2. The van der Waals surface area contributed by atoms with Gasteiger partial charge in [-0.25, -0.2) is 0 Å². The van der Waals surface area contributed by atoms with Crippen molar-refractivity contribution < 1.29 is 18.7 Å². The van der Waals surface area contributed by atoms with E-state index >= 15 is 0 Å². The van der Waals surface area contributed by atoms with Crippen LogP contribution in [0.15, 0.2) is 89.5 Å². The molecular weight excluding hydrogens is 544 g/mol. The summed E-state index contributed by atoms with van der Waals surface area (Å²) in [5.74, 6) is 0.858. The molecule has 5 N–H and O–H groups in total. The number of hydrogen-bond donors (Lipinski definition) is 5. The summed E-state index contributed by atoms with van der Waals surface area (Å²) in [7, 11) is 1.62. The zero-order valence-electron chi connectivity index (χ0n) is 24.3. The Bertz CT molecular complexity index is 1710. The number of carbonyl (C=O) groups excluding carboxylic acids is 2. The van der Waals surface area contributed by atoms with Crippen LogP contribution in [0.5, 0.6) is 5.75 Å². The average Bonchev–Trinajstić information content (AvgIpc) is 3.68. The van der Waals surface area contributed by atoms with Gasteiger partial charge in [-0.15, -0.1) is 0 Å². The first-order chi connectivity index (χ1) is 20.9. The van der Waals surface area contributed by atoms with Crippen molar-refractivity contribution in [3.05, 3.63) is 113 Å². The summed E-state index contributed by atoms with van der Waals surface area (Å²) >= 11 is 0. The molecule has 0 unspecified atom stereocenters. The first-order valence-electron chi connectivity index (χ1n) is 13.9. The SMILES string of the molecule is COc1ccc(-c2c[nH]nc2CNC(=O)c2ccc(NCCNc3ccccc3C)c(NC(=O)c3ccc(C)o3)c2)cc1. The first kappa shape index (κ1) is 29.0. The molecule has 10 heteroatoms. The minimum absolute atomic E-state index is 0.184. The number of ether oxygens (including phenoxy) is 1. The van der Waals surface area contributed by atoms with Gasteiger partial charge in [-0.3, -0.25) is 14.7 Å². The highest BCUT2D eigenvalue weighted by Gasteiger charge is 2.16. The van der Waals surface area contributed by atoms with Gasteiger partial charge in [0, 0.05) is 36.1 Å². The van der Waals surface area contributed by atoms with Gasteiger partial charge in [-0.2, -0.15) is 5.10 Å². The minimum atomic E-state index is -0.410. The quantitative estimate of drug-likeness (QED) is 0.115. The fraction of sp³-hybridized carbons (Fsp3) is 0.182. The van der Waals surface area contributed by atoms with E-state index in [0.717, 1.165) is 28.1 Å². The number of aromatic amines is 1. The third kappa shape index (κ3) is 7.23. The normalized spacial score (nSPS) is 10.7. The second-order valence-corrected chi connectivity index (χ2v) is 9.95. The molecule has 0 fully saturated rings. The lowest BCUT2D eigenvalue weighted by Gasteiger charge is -2.15. The third-order valence-corrected chi connectivity index (χ3v) is 6.93. The number of hydrogen-bond acceptors (Lipinski definition) is 7. The Labute approximate surface area is 249 Å². The lowest BCUT2D eigenvalue weighted by Crippen LogP contribution is -2.24. The maximum atomic E-state index is 13.2. The minimum Gasteiger partial charge on any atom is -0.497 e. The van der Waals surface area contributed by atoms with Crippen molar-refractivity contribution in [2.75, 3.05) is 36.1 Å². The standard InChI is InChI=1S/C33H34N6O4/c1-21-6-4-5-7-27(21)34-16-17-35-28-14-11-24(18-29(28)38-33(41)31-15-8-22(2)43-31)32(40)36-20-30-26(19-37-39-30)23-9-12-25(42-3)13-10-23/h4-15,18-19,34-35H,16-17,20H2,1-3H3,(H,36,40)(H,37,39)(H,38,41). The smallest absolute Gasteiger partial charge is 0.291 e. The number of furan rings is 1. The lowest BCUT2D eigenvalue weighted by molar-refractivity contribution is 0.0948. The average molecular weight is 579 g/mol. The zero-order valence-corrected chi connectivity index (χ0v) is 24.3. The zero-order chi connectivity index (χ0) is 30.2. The van der Waals surface area contributed by atoms with E-state index in [2.05, 4.69) is 44.5 Å². The number of amides is 2. The van der Waals surface area contributed by atoms with Gasteiger partial charge < -0.3 is 30.4 Å². The van der Waals surface area contributed by atoms with Gasteiger partial charge in [-0.05, 0) is 73.5 Å².